The second-order valence-electron chi connectivity index (χ2n) is 8.40. The predicted octanol–water partition coefficient (Wildman–Crippen LogP) is 5.00. The second kappa shape index (κ2) is 7.03. The van der Waals surface area contributed by atoms with Crippen molar-refractivity contribution in [3.8, 4) is 5.75 Å². The quantitative estimate of drug-likeness (QED) is 0.612. The van der Waals surface area contributed by atoms with Gasteiger partial charge in [-0.3, -0.25) is 4.79 Å². The number of carbonyl (C=O) groups excluding carboxylic acids is 1. The van der Waals surface area contributed by atoms with Gasteiger partial charge in [0.05, 0.1) is 24.3 Å². The molecule has 0 N–H and O–H groups in total. The van der Waals surface area contributed by atoms with Crippen LogP contribution in [0.2, 0.25) is 0 Å². The summed E-state index contributed by atoms with van der Waals surface area (Å²) in [5.41, 5.74) is -4.29. The number of benzene rings is 1. The third-order valence-electron chi connectivity index (χ3n) is 6.04. The van der Waals surface area contributed by atoms with Gasteiger partial charge in [0.1, 0.15) is 11.4 Å². The maximum Gasteiger partial charge on any atom is 0.419 e. The number of carbonyl (C=O) groups is 1. The van der Waals surface area contributed by atoms with E-state index in [9.17, 15) is 31.1 Å². The Labute approximate surface area is 169 Å². The van der Waals surface area contributed by atoms with Gasteiger partial charge in [0.25, 0.3) is 5.91 Å². The van der Waals surface area contributed by atoms with E-state index >= 15 is 0 Å². The lowest BCUT2D eigenvalue weighted by atomic mass is 9.84. The second-order valence-corrected chi connectivity index (χ2v) is 8.40. The number of hydrogen-bond acceptors (Lipinski definition) is 3. The minimum absolute atomic E-state index is 0.0196. The largest absolute Gasteiger partial charge is 0.472 e. The van der Waals surface area contributed by atoms with Crippen LogP contribution in [0.3, 0.4) is 0 Å². The van der Waals surface area contributed by atoms with Crippen molar-refractivity contribution >= 4 is 5.91 Å². The highest BCUT2D eigenvalue weighted by atomic mass is 19.4. The molecule has 1 aromatic rings. The Morgan fingerprint density at radius 3 is 2.33 bits per heavy atom. The van der Waals surface area contributed by atoms with Crippen LogP contribution in [0, 0.1) is 11.8 Å². The molecule has 2 atom stereocenters. The van der Waals surface area contributed by atoms with Crippen molar-refractivity contribution < 1.29 is 40.6 Å². The highest BCUT2D eigenvalue weighted by Gasteiger charge is 2.55. The van der Waals surface area contributed by atoms with Crippen LogP contribution in [-0.4, -0.2) is 29.7 Å². The molecule has 2 aliphatic heterocycles. The first-order chi connectivity index (χ1) is 13.9. The Morgan fingerprint density at radius 1 is 1.10 bits per heavy atom. The SMILES string of the molecule is CC1CCC(C(=O)N2COc3c(cc(C(F)(F)F)cc3C(F)(F)F)C2)(C2CC2)OC1. The number of amides is 1. The monoisotopic (exact) mass is 437 g/mol. The van der Waals surface area contributed by atoms with Crippen LogP contribution >= 0.6 is 0 Å². The van der Waals surface area contributed by atoms with Crippen molar-refractivity contribution in [2.24, 2.45) is 11.8 Å². The van der Waals surface area contributed by atoms with Crippen LogP contribution in [0.15, 0.2) is 12.1 Å². The molecule has 10 heteroatoms. The fourth-order valence-corrected chi connectivity index (χ4v) is 4.27. The molecule has 2 unspecified atom stereocenters. The molecule has 3 aliphatic rings. The number of nitrogens with zero attached hydrogens (tertiary/aromatic N) is 1. The zero-order chi connectivity index (χ0) is 21.9. The molecule has 30 heavy (non-hydrogen) atoms. The maximum atomic E-state index is 13.4. The topological polar surface area (TPSA) is 38.8 Å². The number of ether oxygens (including phenoxy) is 2. The minimum Gasteiger partial charge on any atom is -0.472 e. The molecule has 1 saturated carbocycles. The summed E-state index contributed by atoms with van der Waals surface area (Å²) >= 11 is 0. The molecular formula is C20H21F6NO3. The highest BCUT2D eigenvalue weighted by Crippen LogP contribution is 2.49. The molecule has 0 bridgehead atoms. The first-order valence-corrected chi connectivity index (χ1v) is 9.79. The van der Waals surface area contributed by atoms with E-state index in [1.54, 1.807) is 0 Å². The number of alkyl halides is 6. The Hall–Kier alpha value is -1.97. The van der Waals surface area contributed by atoms with Crippen molar-refractivity contribution in [3.05, 3.63) is 28.8 Å². The fourth-order valence-electron chi connectivity index (χ4n) is 4.27. The van der Waals surface area contributed by atoms with Gasteiger partial charge in [-0.2, -0.15) is 26.3 Å². The molecule has 1 saturated heterocycles. The third-order valence-corrected chi connectivity index (χ3v) is 6.04. The van der Waals surface area contributed by atoms with E-state index in [2.05, 4.69) is 0 Å². The Morgan fingerprint density at radius 2 is 1.80 bits per heavy atom. The van der Waals surface area contributed by atoms with Crippen molar-refractivity contribution in [1.82, 2.24) is 4.90 Å². The van der Waals surface area contributed by atoms with Gasteiger partial charge in [0.2, 0.25) is 0 Å². The first-order valence-electron chi connectivity index (χ1n) is 9.79. The number of rotatable bonds is 2. The molecule has 1 aliphatic carbocycles. The van der Waals surface area contributed by atoms with E-state index in [1.807, 2.05) is 6.92 Å². The van der Waals surface area contributed by atoms with Gasteiger partial charge < -0.3 is 14.4 Å². The van der Waals surface area contributed by atoms with Crippen LogP contribution in [0.4, 0.5) is 26.3 Å². The highest BCUT2D eigenvalue weighted by molar-refractivity contribution is 5.86. The van der Waals surface area contributed by atoms with E-state index in [1.165, 1.54) is 0 Å². The van der Waals surface area contributed by atoms with Crippen LogP contribution in [0.5, 0.6) is 5.75 Å². The Kier molecular flexibility index (Phi) is 4.99. The van der Waals surface area contributed by atoms with Gasteiger partial charge in [-0.15, -0.1) is 0 Å². The maximum absolute atomic E-state index is 13.4. The van der Waals surface area contributed by atoms with Gasteiger partial charge in [-0.1, -0.05) is 6.92 Å². The predicted molar refractivity (Wildman–Crippen MR) is 92.3 cm³/mol. The van der Waals surface area contributed by atoms with E-state index in [0.29, 0.717) is 19.1 Å². The molecule has 4 nitrogen and oxygen atoms in total. The standard InChI is InChI=1S/C20H21F6NO3/c1-11-4-5-18(30-9-11,13-2-3-13)17(28)27-8-12-6-14(19(21,22)23)7-15(20(24,25)26)16(12)29-10-27/h6-7,11,13H,2-5,8-10H2,1H3. The van der Waals surface area contributed by atoms with E-state index < -0.39 is 54.0 Å². The number of hydrogen-bond donors (Lipinski definition) is 0. The molecular weight excluding hydrogens is 416 g/mol. The van der Waals surface area contributed by atoms with E-state index in [0.717, 1.165) is 24.2 Å². The molecule has 1 amide bonds. The smallest absolute Gasteiger partial charge is 0.419 e. The van der Waals surface area contributed by atoms with Crippen LogP contribution in [-0.2, 0) is 28.4 Å². The summed E-state index contributed by atoms with van der Waals surface area (Å²) in [5.74, 6) is -0.774. The molecule has 2 heterocycles. The molecule has 1 aromatic carbocycles. The minimum atomic E-state index is -5.02. The summed E-state index contributed by atoms with van der Waals surface area (Å²) in [4.78, 5) is 14.5. The van der Waals surface area contributed by atoms with Crippen molar-refractivity contribution in [3.63, 3.8) is 0 Å². The summed E-state index contributed by atoms with van der Waals surface area (Å²) in [6, 6.07) is 0.672. The fraction of sp³-hybridized carbons (Fsp3) is 0.650. The summed E-state index contributed by atoms with van der Waals surface area (Å²) in [6.07, 6.45) is -7.11. The molecule has 0 radical (unpaired) electrons. The van der Waals surface area contributed by atoms with Crippen LogP contribution in [0.1, 0.15) is 49.3 Å². The van der Waals surface area contributed by atoms with Crippen LogP contribution in [0.25, 0.3) is 0 Å². The normalized spacial score (nSPS) is 27.4. The zero-order valence-corrected chi connectivity index (χ0v) is 16.2. The summed E-state index contributed by atoms with van der Waals surface area (Å²) in [6.45, 7) is 1.53. The summed E-state index contributed by atoms with van der Waals surface area (Å²) < 4.78 is 90.7. The van der Waals surface area contributed by atoms with Crippen molar-refractivity contribution in [2.45, 2.75) is 57.1 Å². The lowest BCUT2D eigenvalue weighted by Crippen LogP contribution is -2.56. The van der Waals surface area contributed by atoms with Gasteiger partial charge in [0.15, 0.2) is 6.73 Å². The lowest BCUT2D eigenvalue weighted by molar-refractivity contribution is -0.178. The zero-order valence-electron chi connectivity index (χ0n) is 16.2. The Balaban J connectivity index is 1.66. The molecule has 2 fully saturated rings. The summed E-state index contributed by atoms with van der Waals surface area (Å²) in [7, 11) is 0. The average molecular weight is 437 g/mol. The number of fused-ring (bicyclic) bond motifs is 1. The number of halogens is 6. The molecule has 0 spiro atoms. The first kappa shape index (κ1) is 21.3. The van der Waals surface area contributed by atoms with E-state index in [4.69, 9.17) is 9.47 Å². The van der Waals surface area contributed by atoms with E-state index in [-0.39, 0.29) is 23.5 Å². The average Bonchev–Trinajstić information content (AvgIpc) is 3.51. The summed E-state index contributed by atoms with van der Waals surface area (Å²) in [5, 5.41) is 0. The van der Waals surface area contributed by atoms with Gasteiger partial charge in [-0.25, -0.2) is 0 Å². The molecule has 0 aromatic heterocycles. The van der Waals surface area contributed by atoms with Crippen molar-refractivity contribution in [1.29, 1.82) is 0 Å². The van der Waals surface area contributed by atoms with Gasteiger partial charge >= 0.3 is 12.4 Å². The van der Waals surface area contributed by atoms with Crippen LogP contribution < -0.4 is 4.74 Å². The molecule has 4 rings (SSSR count). The lowest BCUT2D eigenvalue weighted by Gasteiger charge is -2.42. The van der Waals surface area contributed by atoms with Crippen molar-refractivity contribution in [2.75, 3.05) is 13.3 Å². The Bertz CT molecular complexity index is 838. The van der Waals surface area contributed by atoms with Gasteiger partial charge in [0, 0.05) is 5.56 Å². The third kappa shape index (κ3) is 3.74. The molecule has 166 valence electrons. The van der Waals surface area contributed by atoms with Gasteiger partial charge in [-0.05, 0) is 49.7 Å².